The second-order valence-electron chi connectivity index (χ2n) is 5.65. The number of hydrogen-bond acceptors (Lipinski definition) is 2. The molecule has 0 aliphatic rings. The molecule has 1 aromatic heterocycles. The molecule has 0 bridgehead atoms. The van der Waals surface area contributed by atoms with E-state index in [9.17, 15) is 8.78 Å². The lowest BCUT2D eigenvalue weighted by Gasteiger charge is -2.12. The molecule has 0 saturated heterocycles. The van der Waals surface area contributed by atoms with Crippen LogP contribution in [0.2, 0.25) is 0 Å². The van der Waals surface area contributed by atoms with Gasteiger partial charge in [-0.25, -0.2) is 13.5 Å². The summed E-state index contributed by atoms with van der Waals surface area (Å²) in [5.41, 5.74) is 2.94. The zero-order valence-electron chi connectivity index (χ0n) is 13.1. The molecule has 1 heterocycles. The maximum Gasteiger partial charge on any atom is 0.152 e. The molecule has 2 rings (SSSR count). The molecule has 1 aromatic carbocycles. The summed E-state index contributed by atoms with van der Waals surface area (Å²) < 4.78 is 30.0. The first-order chi connectivity index (χ1) is 9.81. The minimum absolute atomic E-state index is 0.114. The van der Waals surface area contributed by atoms with Gasteiger partial charge in [0.2, 0.25) is 0 Å². The van der Waals surface area contributed by atoms with Crippen molar-refractivity contribution >= 4 is 0 Å². The molecular weight excluding hydrogens is 272 g/mol. The minimum Gasteiger partial charge on any atom is -0.310 e. The smallest absolute Gasteiger partial charge is 0.152 e. The van der Waals surface area contributed by atoms with Crippen molar-refractivity contribution in [1.82, 2.24) is 15.1 Å². The highest BCUT2D eigenvalue weighted by Gasteiger charge is 2.18. The van der Waals surface area contributed by atoms with E-state index in [1.54, 1.807) is 0 Å². The van der Waals surface area contributed by atoms with E-state index in [-0.39, 0.29) is 11.7 Å². The molecule has 1 N–H and O–H groups in total. The Morgan fingerprint density at radius 2 is 1.71 bits per heavy atom. The van der Waals surface area contributed by atoms with Gasteiger partial charge >= 0.3 is 0 Å². The maximum atomic E-state index is 14.3. The first-order valence-corrected chi connectivity index (χ1v) is 7.05. The summed E-state index contributed by atoms with van der Waals surface area (Å²) in [6.07, 6.45) is 0. The van der Waals surface area contributed by atoms with E-state index < -0.39 is 11.6 Å². The monoisotopic (exact) mass is 293 g/mol. The van der Waals surface area contributed by atoms with Crippen molar-refractivity contribution in [2.75, 3.05) is 0 Å². The van der Waals surface area contributed by atoms with Crippen LogP contribution in [-0.4, -0.2) is 15.8 Å². The fourth-order valence-corrected chi connectivity index (χ4v) is 2.18. The molecule has 0 unspecified atom stereocenters. The summed E-state index contributed by atoms with van der Waals surface area (Å²) in [7, 11) is 0. The van der Waals surface area contributed by atoms with Crippen LogP contribution in [0.25, 0.3) is 5.69 Å². The first kappa shape index (κ1) is 15.6. The van der Waals surface area contributed by atoms with Crippen LogP contribution in [0.4, 0.5) is 8.78 Å². The second-order valence-corrected chi connectivity index (χ2v) is 5.65. The number of halogens is 2. The summed E-state index contributed by atoms with van der Waals surface area (Å²) in [4.78, 5) is 0. The standard InChI is InChI=1S/C16H21F2N3/c1-9(2)19-8-13-6-14(17)16(15(18)7-13)21-12(5)10(3)11(4)20-21/h6-7,9,19H,8H2,1-5H3. The van der Waals surface area contributed by atoms with Gasteiger partial charge < -0.3 is 5.32 Å². The fourth-order valence-electron chi connectivity index (χ4n) is 2.18. The number of nitrogens with one attached hydrogen (secondary N) is 1. The van der Waals surface area contributed by atoms with Gasteiger partial charge in [-0.2, -0.15) is 5.10 Å². The van der Waals surface area contributed by atoms with Crippen LogP contribution in [-0.2, 0) is 6.54 Å². The molecule has 0 spiro atoms. The molecule has 21 heavy (non-hydrogen) atoms. The van der Waals surface area contributed by atoms with Crippen molar-refractivity contribution in [1.29, 1.82) is 0 Å². The lowest BCUT2D eigenvalue weighted by Crippen LogP contribution is -2.22. The molecule has 114 valence electrons. The van der Waals surface area contributed by atoms with Gasteiger partial charge in [-0.3, -0.25) is 0 Å². The zero-order valence-corrected chi connectivity index (χ0v) is 13.1. The van der Waals surface area contributed by atoms with Gasteiger partial charge in [0.15, 0.2) is 11.6 Å². The van der Waals surface area contributed by atoms with Crippen molar-refractivity contribution in [3.63, 3.8) is 0 Å². The van der Waals surface area contributed by atoms with Crippen LogP contribution in [0, 0.1) is 32.4 Å². The van der Waals surface area contributed by atoms with E-state index in [0.29, 0.717) is 12.1 Å². The van der Waals surface area contributed by atoms with Crippen molar-refractivity contribution < 1.29 is 8.78 Å². The summed E-state index contributed by atoms with van der Waals surface area (Å²) >= 11 is 0. The average Bonchev–Trinajstić information content (AvgIpc) is 2.64. The van der Waals surface area contributed by atoms with Gasteiger partial charge in [0, 0.05) is 18.3 Å². The summed E-state index contributed by atoms with van der Waals surface area (Å²) in [5.74, 6) is -1.19. The largest absolute Gasteiger partial charge is 0.310 e. The lowest BCUT2D eigenvalue weighted by atomic mass is 10.1. The van der Waals surface area contributed by atoms with Crippen LogP contribution < -0.4 is 5.32 Å². The van der Waals surface area contributed by atoms with Crippen LogP contribution in [0.15, 0.2) is 12.1 Å². The number of aromatic nitrogens is 2. The Bertz CT molecular complexity index is 637. The van der Waals surface area contributed by atoms with Gasteiger partial charge in [-0.05, 0) is 44.0 Å². The molecule has 3 nitrogen and oxygen atoms in total. The minimum atomic E-state index is -0.596. The normalized spacial score (nSPS) is 11.4. The van der Waals surface area contributed by atoms with Crippen molar-refractivity contribution in [2.45, 2.75) is 47.2 Å². The maximum absolute atomic E-state index is 14.3. The van der Waals surface area contributed by atoms with Gasteiger partial charge in [-0.1, -0.05) is 13.8 Å². The summed E-state index contributed by atoms with van der Waals surface area (Å²) in [6.45, 7) is 9.93. The fraction of sp³-hybridized carbons (Fsp3) is 0.438. The number of benzene rings is 1. The predicted octanol–water partition coefficient (Wildman–Crippen LogP) is 3.57. The molecule has 0 saturated carbocycles. The van der Waals surface area contributed by atoms with Crippen LogP contribution in [0.5, 0.6) is 0 Å². The Hall–Kier alpha value is -1.75. The van der Waals surface area contributed by atoms with Gasteiger partial charge in [0.1, 0.15) is 5.69 Å². The number of aryl methyl sites for hydroxylation is 1. The lowest BCUT2D eigenvalue weighted by molar-refractivity contribution is 0.543. The highest BCUT2D eigenvalue weighted by atomic mass is 19.1. The third kappa shape index (κ3) is 3.13. The molecular formula is C16H21F2N3. The molecule has 0 aliphatic carbocycles. The van der Waals surface area contributed by atoms with Crippen LogP contribution in [0.3, 0.4) is 0 Å². The van der Waals surface area contributed by atoms with Crippen molar-refractivity contribution in [3.05, 3.63) is 46.3 Å². The van der Waals surface area contributed by atoms with Crippen LogP contribution in [0.1, 0.15) is 36.4 Å². The Morgan fingerprint density at radius 1 is 1.14 bits per heavy atom. The predicted molar refractivity (Wildman–Crippen MR) is 79.7 cm³/mol. The Labute approximate surface area is 124 Å². The van der Waals surface area contributed by atoms with E-state index in [1.165, 1.54) is 16.8 Å². The molecule has 0 fully saturated rings. The molecule has 0 aliphatic heterocycles. The highest BCUT2D eigenvalue weighted by Crippen LogP contribution is 2.23. The molecule has 0 amide bonds. The Morgan fingerprint density at radius 3 is 2.14 bits per heavy atom. The molecule has 5 heteroatoms. The van der Waals surface area contributed by atoms with E-state index in [4.69, 9.17) is 0 Å². The van der Waals surface area contributed by atoms with Gasteiger partial charge in [0.25, 0.3) is 0 Å². The van der Waals surface area contributed by atoms with E-state index in [2.05, 4.69) is 10.4 Å². The topological polar surface area (TPSA) is 29.9 Å². The zero-order chi connectivity index (χ0) is 15.7. The number of hydrogen-bond donors (Lipinski definition) is 1. The van der Waals surface area contributed by atoms with Crippen molar-refractivity contribution in [3.8, 4) is 5.69 Å². The number of rotatable bonds is 4. The third-order valence-electron chi connectivity index (χ3n) is 3.66. The van der Waals surface area contributed by atoms with E-state index in [0.717, 1.165) is 17.0 Å². The first-order valence-electron chi connectivity index (χ1n) is 7.05. The van der Waals surface area contributed by atoms with Gasteiger partial charge in [-0.15, -0.1) is 0 Å². The Kier molecular flexibility index (Phi) is 4.42. The SMILES string of the molecule is Cc1nn(-c2c(F)cc(CNC(C)C)cc2F)c(C)c1C. The summed E-state index contributed by atoms with van der Waals surface area (Å²) in [6, 6.07) is 2.98. The third-order valence-corrected chi connectivity index (χ3v) is 3.66. The second kappa shape index (κ2) is 5.93. The quantitative estimate of drug-likeness (QED) is 0.934. The summed E-state index contributed by atoms with van der Waals surface area (Å²) in [5, 5.41) is 7.37. The van der Waals surface area contributed by atoms with Crippen LogP contribution >= 0.6 is 0 Å². The Balaban J connectivity index is 2.43. The van der Waals surface area contributed by atoms with Gasteiger partial charge in [0.05, 0.1) is 5.69 Å². The average molecular weight is 293 g/mol. The van der Waals surface area contributed by atoms with Crippen molar-refractivity contribution in [2.24, 2.45) is 0 Å². The van der Waals surface area contributed by atoms with E-state index >= 15 is 0 Å². The molecule has 0 radical (unpaired) electrons. The van der Waals surface area contributed by atoms with E-state index in [1.807, 2.05) is 34.6 Å². The number of nitrogens with zero attached hydrogens (tertiary/aromatic N) is 2. The highest BCUT2D eigenvalue weighted by molar-refractivity contribution is 5.41. The molecule has 2 aromatic rings. The molecule has 0 atom stereocenters.